The monoisotopic (exact) mass is 512 g/mol. The van der Waals surface area contributed by atoms with Crippen LogP contribution >= 0.6 is 0 Å². The zero-order chi connectivity index (χ0) is 27.1. The third-order valence-corrected chi connectivity index (χ3v) is 6.11. The number of aromatic nitrogens is 1. The fraction of sp³-hybridized carbons (Fsp3) is 0.250. The first-order chi connectivity index (χ1) is 17.4. The Kier molecular flexibility index (Phi) is 6.20. The number of anilines is 2. The van der Waals surface area contributed by atoms with Gasteiger partial charge in [0.15, 0.2) is 0 Å². The van der Waals surface area contributed by atoms with Crippen molar-refractivity contribution in [3.8, 4) is 6.07 Å². The minimum atomic E-state index is -4.85. The number of pyridine rings is 1. The molecule has 2 aromatic carbocycles. The Morgan fingerprint density at radius 2 is 1.92 bits per heavy atom. The van der Waals surface area contributed by atoms with Crippen molar-refractivity contribution in [3.63, 3.8) is 0 Å². The van der Waals surface area contributed by atoms with Crippen LogP contribution in [-0.2, 0) is 11.0 Å². The minimum Gasteiger partial charge on any atom is -0.383 e. The van der Waals surface area contributed by atoms with Gasteiger partial charge in [-0.1, -0.05) is 0 Å². The molecule has 0 spiro atoms. The number of halogens is 3. The Hall–Kier alpha value is -4.73. The van der Waals surface area contributed by atoms with E-state index in [0.717, 1.165) is 12.1 Å². The van der Waals surface area contributed by atoms with E-state index in [0.29, 0.717) is 22.0 Å². The highest BCUT2D eigenvalue weighted by Crippen LogP contribution is 2.38. The number of nitrogens with one attached hydrogen (secondary N) is 1. The van der Waals surface area contributed by atoms with Crippen LogP contribution in [0.3, 0.4) is 0 Å². The molecule has 1 aromatic heterocycles. The SMILES string of the molecule is CC1(C)C(=O)N(c2ccc(C#N)c(C(F)(F)F)c2)C(=O)N1CCNc1ccc([N+](=O)[O-])c2ncccc12. The number of nitro benzene ring substituents is 1. The number of rotatable bonds is 6. The highest BCUT2D eigenvalue weighted by atomic mass is 19.4. The number of carbonyl (C=O) groups excluding carboxylic acids is 2. The molecule has 3 aromatic rings. The van der Waals surface area contributed by atoms with Crippen molar-refractivity contribution in [3.05, 3.63) is 69.9 Å². The smallest absolute Gasteiger partial charge is 0.383 e. The lowest BCUT2D eigenvalue weighted by Gasteiger charge is -2.28. The van der Waals surface area contributed by atoms with Gasteiger partial charge in [0.25, 0.3) is 11.6 Å². The van der Waals surface area contributed by atoms with Gasteiger partial charge in [0, 0.05) is 36.4 Å². The van der Waals surface area contributed by atoms with E-state index >= 15 is 0 Å². The lowest BCUT2D eigenvalue weighted by atomic mass is 10.0. The maximum atomic E-state index is 13.4. The number of benzene rings is 2. The molecular weight excluding hydrogens is 493 g/mol. The summed E-state index contributed by atoms with van der Waals surface area (Å²) in [7, 11) is 0. The average molecular weight is 512 g/mol. The average Bonchev–Trinajstić information content (AvgIpc) is 3.01. The molecule has 3 amide bonds. The number of nitro groups is 1. The zero-order valence-corrected chi connectivity index (χ0v) is 19.5. The minimum absolute atomic E-state index is 0.00474. The van der Waals surface area contributed by atoms with E-state index in [1.165, 1.54) is 43.1 Å². The highest BCUT2D eigenvalue weighted by Gasteiger charge is 2.52. The molecule has 0 bridgehead atoms. The van der Waals surface area contributed by atoms with Crippen molar-refractivity contribution >= 4 is 39.9 Å². The van der Waals surface area contributed by atoms with E-state index in [2.05, 4.69) is 10.3 Å². The van der Waals surface area contributed by atoms with Gasteiger partial charge in [-0.05, 0) is 50.2 Å². The van der Waals surface area contributed by atoms with Crippen LogP contribution in [0.25, 0.3) is 10.9 Å². The second-order valence-corrected chi connectivity index (χ2v) is 8.69. The Bertz CT molecular complexity index is 1480. The fourth-order valence-electron chi connectivity index (χ4n) is 4.20. The lowest BCUT2D eigenvalue weighted by Crippen LogP contribution is -2.46. The van der Waals surface area contributed by atoms with Gasteiger partial charge in [-0.25, -0.2) is 14.7 Å². The molecule has 1 saturated heterocycles. The number of non-ortho nitro benzene ring substituents is 1. The van der Waals surface area contributed by atoms with Gasteiger partial charge >= 0.3 is 12.2 Å². The van der Waals surface area contributed by atoms with Crippen LogP contribution in [0, 0.1) is 21.4 Å². The molecule has 4 rings (SSSR count). The predicted octanol–water partition coefficient (Wildman–Crippen LogP) is 4.69. The number of alkyl halides is 3. The molecule has 1 aliphatic heterocycles. The van der Waals surface area contributed by atoms with Crippen molar-refractivity contribution in [1.82, 2.24) is 9.88 Å². The summed E-state index contributed by atoms with van der Waals surface area (Å²) in [6, 6.07) is 9.38. The molecule has 0 aliphatic carbocycles. The third-order valence-electron chi connectivity index (χ3n) is 6.11. The number of nitriles is 1. The number of urea groups is 1. The molecule has 13 heteroatoms. The van der Waals surface area contributed by atoms with Crippen molar-refractivity contribution in [2.24, 2.45) is 0 Å². The summed E-state index contributed by atoms with van der Waals surface area (Å²) >= 11 is 0. The van der Waals surface area contributed by atoms with Gasteiger partial charge in [-0.15, -0.1) is 0 Å². The molecule has 0 saturated carbocycles. The standard InChI is InChI=1S/C24H19F3N6O4/c1-23(2)21(34)32(15-6-5-14(13-28)17(12-15)24(25,26)27)22(35)31(23)11-10-29-18-7-8-19(33(36)37)20-16(18)4-3-9-30-20/h3-9,12,29H,10-11H2,1-2H3. The van der Waals surface area contributed by atoms with Crippen LogP contribution in [-0.4, -0.2) is 45.4 Å². The molecule has 190 valence electrons. The molecule has 1 N–H and O–H groups in total. The Labute approximate surface area is 208 Å². The van der Waals surface area contributed by atoms with E-state index in [1.54, 1.807) is 12.1 Å². The van der Waals surface area contributed by atoms with Gasteiger partial charge in [0.2, 0.25) is 0 Å². The highest BCUT2D eigenvalue weighted by molar-refractivity contribution is 6.23. The zero-order valence-electron chi connectivity index (χ0n) is 19.5. The van der Waals surface area contributed by atoms with E-state index < -0.39 is 39.7 Å². The number of hydrogen-bond donors (Lipinski definition) is 1. The van der Waals surface area contributed by atoms with E-state index in [1.807, 2.05) is 0 Å². The summed E-state index contributed by atoms with van der Waals surface area (Å²) in [6.07, 6.45) is -3.42. The van der Waals surface area contributed by atoms with E-state index in [-0.39, 0.29) is 30.0 Å². The van der Waals surface area contributed by atoms with Crippen LogP contribution in [0.4, 0.5) is 35.0 Å². The van der Waals surface area contributed by atoms with E-state index in [4.69, 9.17) is 5.26 Å². The Balaban J connectivity index is 1.58. The fourth-order valence-corrected chi connectivity index (χ4v) is 4.20. The maximum absolute atomic E-state index is 13.4. The number of fused-ring (bicyclic) bond motifs is 1. The quantitative estimate of drug-likeness (QED) is 0.288. The molecule has 0 radical (unpaired) electrons. The largest absolute Gasteiger partial charge is 0.417 e. The number of carbonyl (C=O) groups is 2. The summed E-state index contributed by atoms with van der Waals surface area (Å²) in [5.74, 6) is -0.722. The molecule has 0 atom stereocenters. The van der Waals surface area contributed by atoms with Crippen LogP contribution in [0.15, 0.2) is 48.7 Å². The summed E-state index contributed by atoms with van der Waals surface area (Å²) in [6.45, 7) is 3.08. The first-order valence-electron chi connectivity index (χ1n) is 10.9. The molecule has 1 aliphatic rings. The Morgan fingerprint density at radius 1 is 1.19 bits per heavy atom. The second kappa shape index (κ2) is 9.05. The van der Waals surface area contributed by atoms with Crippen molar-refractivity contribution in [1.29, 1.82) is 5.26 Å². The molecular formula is C24H19F3N6O4. The third kappa shape index (κ3) is 4.37. The molecule has 37 heavy (non-hydrogen) atoms. The number of hydrogen-bond acceptors (Lipinski definition) is 7. The van der Waals surface area contributed by atoms with Crippen molar-refractivity contribution in [2.45, 2.75) is 25.6 Å². The number of imide groups is 1. The van der Waals surface area contributed by atoms with E-state index in [9.17, 15) is 32.9 Å². The molecule has 1 fully saturated rings. The van der Waals surface area contributed by atoms with Gasteiger partial charge in [-0.3, -0.25) is 14.9 Å². The van der Waals surface area contributed by atoms with Crippen LogP contribution in [0.2, 0.25) is 0 Å². The molecule has 10 nitrogen and oxygen atoms in total. The lowest BCUT2D eigenvalue weighted by molar-refractivity contribution is -0.383. The normalized spacial score (nSPS) is 15.2. The van der Waals surface area contributed by atoms with Gasteiger partial charge in [-0.2, -0.15) is 18.4 Å². The number of amides is 3. The van der Waals surface area contributed by atoms with Gasteiger partial charge in [0.1, 0.15) is 11.1 Å². The summed E-state index contributed by atoms with van der Waals surface area (Å²) < 4.78 is 40.3. The van der Waals surface area contributed by atoms with Crippen LogP contribution < -0.4 is 10.2 Å². The first-order valence-corrected chi connectivity index (χ1v) is 10.9. The maximum Gasteiger partial charge on any atom is 0.417 e. The summed E-state index contributed by atoms with van der Waals surface area (Å²) in [5.41, 5.74) is -3.01. The second-order valence-electron chi connectivity index (χ2n) is 8.69. The van der Waals surface area contributed by atoms with Gasteiger partial charge < -0.3 is 10.2 Å². The molecule has 2 heterocycles. The number of nitrogens with zero attached hydrogens (tertiary/aromatic N) is 5. The predicted molar refractivity (Wildman–Crippen MR) is 127 cm³/mol. The van der Waals surface area contributed by atoms with Crippen molar-refractivity contribution in [2.75, 3.05) is 23.3 Å². The van der Waals surface area contributed by atoms with Crippen LogP contribution in [0.1, 0.15) is 25.0 Å². The first kappa shape index (κ1) is 25.4. The van der Waals surface area contributed by atoms with Crippen LogP contribution in [0.5, 0.6) is 0 Å². The molecule has 0 unspecified atom stereocenters. The summed E-state index contributed by atoms with van der Waals surface area (Å²) in [4.78, 5) is 43.0. The topological polar surface area (TPSA) is 132 Å². The van der Waals surface area contributed by atoms with Gasteiger partial charge in [0.05, 0.1) is 27.8 Å². The Morgan fingerprint density at radius 3 is 2.57 bits per heavy atom. The van der Waals surface area contributed by atoms with Crippen molar-refractivity contribution < 1.29 is 27.7 Å². The summed E-state index contributed by atoms with van der Waals surface area (Å²) in [5, 5.41) is 23.9.